The van der Waals surface area contributed by atoms with Crippen LogP contribution in [0, 0.1) is 12.3 Å². The van der Waals surface area contributed by atoms with E-state index in [-0.39, 0.29) is 17.2 Å². The molecule has 2 aliphatic heterocycles. The number of hydrogen-bond acceptors (Lipinski definition) is 3. The highest BCUT2D eigenvalue weighted by molar-refractivity contribution is 5.95. The number of aryl methyl sites for hydroxylation is 1. The minimum absolute atomic E-state index is 0.0400. The third-order valence-electron chi connectivity index (χ3n) is 4.31. The Kier molecular flexibility index (Phi) is 2.66. The van der Waals surface area contributed by atoms with E-state index < -0.39 is 0 Å². The van der Waals surface area contributed by atoms with Crippen LogP contribution in [0.2, 0.25) is 0 Å². The monoisotopic (exact) mass is 262 g/mol. The molecule has 0 aliphatic carbocycles. The van der Waals surface area contributed by atoms with Gasteiger partial charge >= 0.3 is 0 Å². The van der Waals surface area contributed by atoms with Crippen molar-refractivity contribution in [2.24, 2.45) is 5.41 Å². The van der Waals surface area contributed by atoms with E-state index in [1.54, 1.807) is 26.2 Å². The zero-order valence-corrected chi connectivity index (χ0v) is 11.3. The van der Waals surface area contributed by atoms with Crippen LogP contribution in [0.15, 0.2) is 16.7 Å². The molecule has 0 atom stereocenters. The first-order chi connectivity index (χ1) is 9.01. The summed E-state index contributed by atoms with van der Waals surface area (Å²) in [6.07, 6.45) is 2.55. The maximum Gasteiger partial charge on any atom is 0.257 e. The predicted molar refractivity (Wildman–Crippen MR) is 68.7 cm³/mol. The van der Waals surface area contributed by atoms with Crippen molar-refractivity contribution in [1.29, 1.82) is 0 Å². The number of amides is 2. The first kappa shape index (κ1) is 12.3. The van der Waals surface area contributed by atoms with E-state index in [4.69, 9.17) is 4.42 Å². The standard InChI is InChI=1S/C14H18N2O3/c1-10-12(3-6-19-10)13(18)16-8-14(9-16)4-5-15(7-14)11(2)17/h3,6H,4-5,7-9H2,1-2H3. The van der Waals surface area contributed by atoms with Crippen LogP contribution in [0.1, 0.15) is 29.5 Å². The lowest BCUT2D eigenvalue weighted by molar-refractivity contribution is -0.128. The van der Waals surface area contributed by atoms with Crippen molar-refractivity contribution in [2.45, 2.75) is 20.3 Å². The van der Waals surface area contributed by atoms with Crippen LogP contribution in [-0.2, 0) is 4.79 Å². The topological polar surface area (TPSA) is 53.8 Å². The summed E-state index contributed by atoms with van der Waals surface area (Å²) in [5, 5.41) is 0. The van der Waals surface area contributed by atoms with Crippen LogP contribution >= 0.6 is 0 Å². The van der Waals surface area contributed by atoms with Gasteiger partial charge in [-0.2, -0.15) is 0 Å². The summed E-state index contributed by atoms with van der Waals surface area (Å²) >= 11 is 0. The van der Waals surface area contributed by atoms with Crippen molar-refractivity contribution in [1.82, 2.24) is 9.80 Å². The number of hydrogen-bond donors (Lipinski definition) is 0. The zero-order valence-electron chi connectivity index (χ0n) is 11.3. The number of likely N-dealkylation sites (tertiary alicyclic amines) is 2. The molecule has 0 bridgehead atoms. The van der Waals surface area contributed by atoms with E-state index in [1.807, 2.05) is 9.80 Å². The van der Waals surface area contributed by atoms with E-state index in [9.17, 15) is 9.59 Å². The van der Waals surface area contributed by atoms with Crippen molar-refractivity contribution < 1.29 is 14.0 Å². The van der Waals surface area contributed by atoms with Gasteiger partial charge in [0.05, 0.1) is 11.8 Å². The fourth-order valence-electron chi connectivity index (χ4n) is 3.15. The van der Waals surface area contributed by atoms with Gasteiger partial charge in [-0.25, -0.2) is 0 Å². The van der Waals surface area contributed by atoms with E-state index in [0.29, 0.717) is 11.3 Å². The minimum atomic E-state index is 0.0400. The quantitative estimate of drug-likeness (QED) is 0.766. The van der Waals surface area contributed by atoms with E-state index in [2.05, 4.69) is 0 Å². The summed E-state index contributed by atoms with van der Waals surface area (Å²) in [5.74, 6) is 0.841. The van der Waals surface area contributed by atoms with Crippen molar-refractivity contribution in [2.75, 3.05) is 26.2 Å². The van der Waals surface area contributed by atoms with Gasteiger partial charge in [0.2, 0.25) is 5.91 Å². The van der Waals surface area contributed by atoms with Crippen LogP contribution < -0.4 is 0 Å². The number of furan rings is 1. The SMILES string of the molecule is CC(=O)N1CCC2(C1)CN(C(=O)c1ccoc1C)C2. The van der Waals surface area contributed by atoms with Gasteiger partial charge in [-0.3, -0.25) is 9.59 Å². The smallest absolute Gasteiger partial charge is 0.257 e. The average Bonchev–Trinajstić information content (AvgIpc) is 2.92. The fourth-order valence-corrected chi connectivity index (χ4v) is 3.15. The lowest BCUT2D eigenvalue weighted by Gasteiger charge is -2.47. The molecule has 102 valence electrons. The lowest BCUT2D eigenvalue weighted by atomic mass is 9.78. The number of nitrogens with zero attached hydrogens (tertiary/aromatic N) is 2. The normalized spacial score (nSPS) is 20.7. The second-order valence-electron chi connectivity index (χ2n) is 5.74. The van der Waals surface area contributed by atoms with E-state index in [1.165, 1.54) is 0 Å². The molecule has 2 aliphatic rings. The first-order valence-corrected chi connectivity index (χ1v) is 6.60. The third kappa shape index (κ3) is 1.93. The Labute approximate surface area is 112 Å². The molecule has 5 nitrogen and oxygen atoms in total. The molecule has 1 aromatic rings. The second-order valence-corrected chi connectivity index (χ2v) is 5.74. The molecule has 0 saturated carbocycles. The summed E-state index contributed by atoms with van der Waals surface area (Å²) in [7, 11) is 0. The van der Waals surface area contributed by atoms with Gasteiger partial charge in [0.1, 0.15) is 5.76 Å². The van der Waals surface area contributed by atoms with E-state index in [0.717, 1.165) is 32.6 Å². The Morgan fingerprint density at radius 3 is 2.47 bits per heavy atom. The summed E-state index contributed by atoms with van der Waals surface area (Å²) in [4.78, 5) is 27.3. The molecule has 19 heavy (non-hydrogen) atoms. The Balaban J connectivity index is 1.63. The number of carbonyl (C=O) groups is 2. The molecule has 3 rings (SSSR count). The Morgan fingerprint density at radius 1 is 1.26 bits per heavy atom. The Hall–Kier alpha value is -1.78. The first-order valence-electron chi connectivity index (χ1n) is 6.60. The van der Waals surface area contributed by atoms with Gasteiger partial charge in [0, 0.05) is 38.5 Å². The molecular formula is C14H18N2O3. The Morgan fingerprint density at radius 2 is 1.95 bits per heavy atom. The molecular weight excluding hydrogens is 244 g/mol. The summed E-state index contributed by atoms with van der Waals surface area (Å²) in [5.41, 5.74) is 0.787. The third-order valence-corrected chi connectivity index (χ3v) is 4.31. The molecule has 1 spiro atoms. The van der Waals surface area contributed by atoms with Crippen LogP contribution in [0.4, 0.5) is 0 Å². The van der Waals surface area contributed by atoms with Crippen molar-refractivity contribution in [3.63, 3.8) is 0 Å². The number of carbonyl (C=O) groups excluding carboxylic acids is 2. The Bertz CT molecular complexity index is 529. The molecule has 1 aromatic heterocycles. The maximum absolute atomic E-state index is 12.2. The van der Waals surface area contributed by atoms with Crippen LogP contribution in [0.25, 0.3) is 0 Å². The summed E-state index contributed by atoms with van der Waals surface area (Å²) in [6.45, 7) is 6.52. The second kappa shape index (κ2) is 4.11. The number of rotatable bonds is 1. The zero-order chi connectivity index (χ0) is 13.6. The summed E-state index contributed by atoms with van der Waals surface area (Å²) < 4.78 is 5.17. The van der Waals surface area contributed by atoms with E-state index >= 15 is 0 Å². The molecule has 2 saturated heterocycles. The highest BCUT2D eigenvalue weighted by Crippen LogP contribution is 2.40. The predicted octanol–water partition coefficient (Wildman–Crippen LogP) is 1.28. The van der Waals surface area contributed by atoms with Crippen LogP contribution in [0.3, 0.4) is 0 Å². The van der Waals surface area contributed by atoms with Gasteiger partial charge in [-0.1, -0.05) is 0 Å². The van der Waals surface area contributed by atoms with Crippen LogP contribution in [-0.4, -0.2) is 47.8 Å². The summed E-state index contributed by atoms with van der Waals surface area (Å²) in [6, 6.07) is 1.72. The van der Waals surface area contributed by atoms with Gasteiger partial charge in [0.15, 0.2) is 0 Å². The highest BCUT2D eigenvalue weighted by atomic mass is 16.3. The van der Waals surface area contributed by atoms with Gasteiger partial charge in [-0.15, -0.1) is 0 Å². The lowest BCUT2D eigenvalue weighted by Crippen LogP contribution is -2.59. The molecule has 0 radical (unpaired) electrons. The largest absolute Gasteiger partial charge is 0.469 e. The molecule has 5 heteroatoms. The van der Waals surface area contributed by atoms with Crippen molar-refractivity contribution in [3.8, 4) is 0 Å². The molecule has 2 amide bonds. The van der Waals surface area contributed by atoms with Gasteiger partial charge in [0.25, 0.3) is 5.91 Å². The van der Waals surface area contributed by atoms with Gasteiger partial charge in [-0.05, 0) is 19.4 Å². The fraction of sp³-hybridized carbons (Fsp3) is 0.571. The molecule has 3 heterocycles. The van der Waals surface area contributed by atoms with Crippen LogP contribution in [0.5, 0.6) is 0 Å². The molecule has 2 fully saturated rings. The molecule has 0 aromatic carbocycles. The minimum Gasteiger partial charge on any atom is -0.469 e. The highest BCUT2D eigenvalue weighted by Gasteiger charge is 2.50. The molecule has 0 N–H and O–H groups in total. The maximum atomic E-state index is 12.2. The molecule has 0 unspecified atom stereocenters. The van der Waals surface area contributed by atoms with Gasteiger partial charge < -0.3 is 14.2 Å². The van der Waals surface area contributed by atoms with Crippen molar-refractivity contribution in [3.05, 3.63) is 23.7 Å². The average molecular weight is 262 g/mol. The van der Waals surface area contributed by atoms with Crippen molar-refractivity contribution >= 4 is 11.8 Å².